The molecule has 0 bridgehead atoms. The van der Waals surface area contributed by atoms with Crippen LogP contribution < -0.4 is 10.6 Å². The van der Waals surface area contributed by atoms with Gasteiger partial charge in [0.15, 0.2) is 0 Å². The fourth-order valence-electron chi connectivity index (χ4n) is 4.65. The highest BCUT2D eigenvalue weighted by atomic mass is 19.3. The number of amides is 2. The van der Waals surface area contributed by atoms with Crippen molar-refractivity contribution in [1.82, 2.24) is 10.6 Å². The van der Waals surface area contributed by atoms with E-state index in [4.69, 9.17) is 9.84 Å². The third-order valence-electron chi connectivity index (χ3n) is 6.49. The Morgan fingerprint density at radius 1 is 1.06 bits per heavy atom. The molecular formula is C25H26F2N2O5. The van der Waals surface area contributed by atoms with Gasteiger partial charge in [0.25, 0.3) is 5.92 Å². The number of aliphatic carboxylic acids is 1. The number of carboxylic acid groups (broad SMARTS) is 1. The van der Waals surface area contributed by atoms with Crippen molar-refractivity contribution in [2.75, 3.05) is 13.2 Å². The number of fused-ring (bicyclic) bond motifs is 3. The number of carbonyl (C=O) groups excluding carboxylic acids is 2. The topological polar surface area (TPSA) is 105 Å². The number of alkyl carbamates (subject to hydrolysis) is 1. The third kappa shape index (κ3) is 4.47. The second kappa shape index (κ2) is 9.40. The third-order valence-corrected chi connectivity index (χ3v) is 6.49. The van der Waals surface area contributed by atoms with Crippen LogP contribution in [0.2, 0.25) is 0 Å². The first-order valence-corrected chi connectivity index (χ1v) is 11.3. The van der Waals surface area contributed by atoms with Gasteiger partial charge < -0.3 is 20.5 Å². The Kier molecular flexibility index (Phi) is 6.54. The van der Waals surface area contributed by atoms with Crippen molar-refractivity contribution in [2.45, 2.75) is 37.6 Å². The van der Waals surface area contributed by atoms with Gasteiger partial charge in [-0.25, -0.2) is 18.4 Å². The molecule has 7 nitrogen and oxygen atoms in total. The monoisotopic (exact) mass is 472 g/mol. The predicted molar refractivity (Wildman–Crippen MR) is 119 cm³/mol. The van der Waals surface area contributed by atoms with Crippen LogP contribution in [0.5, 0.6) is 0 Å². The van der Waals surface area contributed by atoms with Gasteiger partial charge in [0.05, 0.1) is 5.92 Å². The van der Waals surface area contributed by atoms with Crippen LogP contribution in [-0.2, 0) is 14.3 Å². The summed E-state index contributed by atoms with van der Waals surface area (Å²) in [6, 6.07) is 14.4. The molecule has 0 radical (unpaired) electrons. The van der Waals surface area contributed by atoms with Crippen LogP contribution >= 0.6 is 0 Å². The lowest BCUT2D eigenvalue weighted by atomic mass is 9.98. The van der Waals surface area contributed by atoms with Crippen LogP contribution in [0.15, 0.2) is 48.5 Å². The maximum absolute atomic E-state index is 14.2. The van der Waals surface area contributed by atoms with E-state index in [0.717, 1.165) is 22.3 Å². The molecule has 1 saturated carbocycles. The number of nitrogens with one attached hydrogen (secondary N) is 2. The Morgan fingerprint density at radius 2 is 1.65 bits per heavy atom. The molecule has 2 aromatic rings. The largest absolute Gasteiger partial charge is 0.480 e. The highest BCUT2D eigenvalue weighted by Gasteiger charge is 2.71. The molecule has 0 saturated heterocycles. The van der Waals surface area contributed by atoms with E-state index in [1.807, 2.05) is 48.5 Å². The van der Waals surface area contributed by atoms with E-state index in [1.165, 1.54) is 0 Å². The maximum Gasteiger partial charge on any atom is 0.407 e. The van der Waals surface area contributed by atoms with Crippen LogP contribution in [0.25, 0.3) is 11.1 Å². The number of benzene rings is 2. The van der Waals surface area contributed by atoms with Gasteiger partial charge in [-0.1, -0.05) is 61.9 Å². The van der Waals surface area contributed by atoms with E-state index in [9.17, 15) is 23.2 Å². The van der Waals surface area contributed by atoms with E-state index >= 15 is 0 Å². The number of rotatable bonds is 9. The van der Waals surface area contributed by atoms with E-state index in [-0.39, 0.29) is 18.9 Å². The fourth-order valence-corrected chi connectivity index (χ4v) is 4.65. The predicted octanol–water partition coefficient (Wildman–Crippen LogP) is 3.78. The Bertz CT molecular complexity index is 1060. The molecule has 0 spiro atoms. The van der Waals surface area contributed by atoms with Gasteiger partial charge in [-0.15, -0.1) is 0 Å². The summed E-state index contributed by atoms with van der Waals surface area (Å²) in [7, 11) is 0. The molecule has 4 rings (SSSR count). The number of ether oxygens (including phenoxy) is 1. The summed E-state index contributed by atoms with van der Waals surface area (Å²) in [4.78, 5) is 35.6. The van der Waals surface area contributed by atoms with E-state index in [2.05, 4.69) is 10.6 Å². The van der Waals surface area contributed by atoms with E-state index < -0.39 is 48.3 Å². The Balaban J connectivity index is 1.31. The molecule has 0 unspecified atom stereocenters. The van der Waals surface area contributed by atoms with Crippen LogP contribution in [0.3, 0.4) is 0 Å². The second-order valence-electron chi connectivity index (χ2n) is 8.65. The molecule has 0 aliphatic heterocycles. The zero-order chi connectivity index (χ0) is 24.5. The molecule has 3 N–H and O–H groups in total. The first kappa shape index (κ1) is 23.7. The zero-order valence-corrected chi connectivity index (χ0v) is 18.6. The second-order valence-corrected chi connectivity index (χ2v) is 8.65. The minimum absolute atomic E-state index is 0.0438. The summed E-state index contributed by atoms with van der Waals surface area (Å²) in [6.45, 7) is 1.32. The number of hydrogen-bond donors (Lipinski definition) is 3. The van der Waals surface area contributed by atoms with E-state index in [0.29, 0.717) is 6.42 Å². The normalized spacial score (nSPS) is 20.6. The van der Waals surface area contributed by atoms with Crippen molar-refractivity contribution in [1.29, 1.82) is 0 Å². The van der Waals surface area contributed by atoms with Crippen LogP contribution in [0.1, 0.15) is 36.8 Å². The average Bonchev–Trinajstić information content (AvgIpc) is 3.22. The smallest absolute Gasteiger partial charge is 0.407 e. The van der Waals surface area contributed by atoms with Gasteiger partial charge in [0.1, 0.15) is 18.6 Å². The summed E-state index contributed by atoms with van der Waals surface area (Å²) in [5, 5.41) is 13.6. The lowest BCUT2D eigenvalue weighted by molar-refractivity contribution is -0.142. The molecule has 180 valence electrons. The molecular weight excluding hydrogens is 446 g/mol. The standard InChI is InChI=1S/C25H26F2N2O5/c1-2-7-20(23(31)32)29-22(30)21-19(25(21,26)27)12-28-24(33)34-13-18-16-10-5-3-8-14(16)15-9-4-6-11-17(15)18/h3-6,8-11,18-21H,2,7,12-13H2,1H3,(H,28,33)(H,29,30)(H,31,32)/t19-,20-,21-/m0/s1. The molecule has 9 heteroatoms. The first-order chi connectivity index (χ1) is 16.3. The number of alkyl halides is 2. The highest BCUT2D eigenvalue weighted by Crippen LogP contribution is 2.55. The Hall–Kier alpha value is -3.49. The SMILES string of the molecule is CCC[C@H](NC(=O)[C@@H]1[C@H](CNC(=O)OCC2c3ccccc3-c3ccccc32)C1(F)F)C(=O)O. The lowest BCUT2D eigenvalue weighted by Gasteiger charge is -2.14. The Labute approximate surface area is 195 Å². The summed E-state index contributed by atoms with van der Waals surface area (Å²) in [5.41, 5.74) is 4.20. The minimum atomic E-state index is -3.32. The number of carbonyl (C=O) groups is 3. The summed E-state index contributed by atoms with van der Waals surface area (Å²) >= 11 is 0. The molecule has 2 aliphatic rings. The Morgan fingerprint density at radius 3 is 2.21 bits per heavy atom. The highest BCUT2D eigenvalue weighted by molar-refractivity contribution is 5.88. The molecule has 0 aromatic heterocycles. The average molecular weight is 472 g/mol. The van der Waals surface area contributed by atoms with Crippen molar-refractivity contribution in [2.24, 2.45) is 11.8 Å². The number of hydrogen-bond acceptors (Lipinski definition) is 4. The summed E-state index contributed by atoms with van der Waals surface area (Å²) in [6.07, 6.45) is -0.231. The van der Waals surface area contributed by atoms with Gasteiger partial charge in [-0.05, 0) is 28.7 Å². The molecule has 2 aromatic carbocycles. The molecule has 2 amide bonds. The fraction of sp³-hybridized carbons (Fsp3) is 0.400. The van der Waals surface area contributed by atoms with Crippen molar-refractivity contribution in [3.05, 3.63) is 59.7 Å². The zero-order valence-electron chi connectivity index (χ0n) is 18.6. The maximum atomic E-state index is 14.2. The van der Waals surface area contributed by atoms with Crippen molar-refractivity contribution < 1.29 is 33.0 Å². The summed E-state index contributed by atoms with van der Waals surface area (Å²) in [5.74, 6) is -8.87. The summed E-state index contributed by atoms with van der Waals surface area (Å²) < 4.78 is 33.7. The van der Waals surface area contributed by atoms with Gasteiger partial charge >= 0.3 is 12.1 Å². The minimum Gasteiger partial charge on any atom is -0.480 e. The van der Waals surface area contributed by atoms with Crippen LogP contribution in [0.4, 0.5) is 13.6 Å². The number of halogens is 2. The van der Waals surface area contributed by atoms with Gasteiger partial charge in [0, 0.05) is 12.5 Å². The molecule has 2 aliphatic carbocycles. The molecule has 0 heterocycles. The van der Waals surface area contributed by atoms with Gasteiger partial charge in [0.2, 0.25) is 5.91 Å². The lowest BCUT2D eigenvalue weighted by Crippen LogP contribution is -2.42. The van der Waals surface area contributed by atoms with Crippen LogP contribution in [0, 0.1) is 11.8 Å². The van der Waals surface area contributed by atoms with Gasteiger partial charge in [-0.2, -0.15) is 0 Å². The first-order valence-electron chi connectivity index (χ1n) is 11.3. The van der Waals surface area contributed by atoms with Crippen molar-refractivity contribution in [3.8, 4) is 11.1 Å². The quantitative estimate of drug-likeness (QED) is 0.515. The number of carboxylic acids is 1. The van der Waals surface area contributed by atoms with Crippen LogP contribution in [-0.4, -0.2) is 48.2 Å². The van der Waals surface area contributed by atoms with Gasteiger partial charge in [-0.3, -0.25) is 4.79 Å². The molecule has 34 heavy (non-hydrogen) atoms. The van der Waals surface area contributed by atoms with Crippen molar-refractivity contribution >= 4 is 18.0 Å². The van der Waals surface area contributed by atoms with Crippen molar-refractivity contribution in [3.63, 3.8) is 0 Å². The molecule has 1 fully saturated rings. The molecule has 3 atom stereocenters. The van der Waals surface area contributed by atoms with E-state index in [1.54, 1.807) is 6.92 Å².